The van der Waals surface area contributed by atoms with Crippen molar-refractivity contribution in [3.05, 3.63) is 66.4 Å². The number of pyridine rings is 1. The number of hydrogen-bond donors (Lipinski definition) is 1. The summed E-state index contributed by atoms with van der Waals surface area (Å²) in [5.74, 6) is -0.451. The van der Waals surface area contributed by atoms with Crippen LogP contribution in [0.25, 0.3) is 11.3 Å². The van der Waals surface area contributed by atoms with E-state index in [0.717, 1.165) is 18.5 Å². The van der Waals surface area contributed by atoms with E-state index in [1.54, 1.807) is 12.1 Å². The van der Waals surface area contributed by atoms with Crippen LogP contribution in [-0.2, 0) is 6.18 Å². The first-order chi connectivity index (χ1) is 11.4. The van der Waals surface area contributed by atoms with Crippen molar-refractivity contribution in [2.24, 2.45) is 0 Å². The number of alkyl halides is 3. The Morgan fingerprint density at radius 2 is 2.00 bits per heavy atom. The third kappa shape index (κ3) is 3.43. The van der Waals surface area contributed by atoms with Crippen LogP contribution in [0, 0.1) is 0 Å². The van der Waals surface area contributed by atoms with Crippen LogP contribution in [0.2, 0.25) is 0 Å². The first-order valence-corrected chi connectivity index (χ1v) is 6.77. The minimum Gasteiger partial charge on any atom is -0.444 e. The molecule has 0 saturated carbocycles. The Bertz CT molecular complexity index is 847. The molecule has 3 rings (SSSR count). The lowest BCUT2D eigenvalue weighted by Crippen LogP contribution is -2.14. The normalized spacial score (nSPS) is 11.3. The van der Waals surface area contributed by atoms with Crippen LogP contribution in [0.4, 0.5) is 18.9 Å². The van der Waals surface area contributed by atoms with E-state index in [9.17, 15) is 18.0 Å². The summed E-state index contributed by atoms with van der Waals surface area (Å²) in [5, 5.41) is 2.41. The average Bonchev–Trinajstić information content (AvgIpc) is 3.09. The Balaban J connectivity index is 1.98. The predicted molar refractivity (Wildman–Crippen MR) is 79.1 cm³/mol. The van der Waals surface area contributed by atoms with Gasteiger partial charge in [-0.05, 0) is 30.3 Å². The lowest BCUT2D eigenvalue weighted by atomic mass is 10.1. The lowest BCUT2D eigenvalue weighted by Gasteiger charge is -2.12. The van der Waals surface area contributed by atoms with E-state index >= 15 is 0 Å². The van der Waals surface area contributed by atoms with Crippen molar-refractivity contribution >= 4 is 11.6 Å². The zero-order valence-corrected chi connectivity index (χ0v) is 12.0. The number of halogens is 3. The highest BCUT2D eigenvalue weighted by atomic mass is 19.4. The SMILES string of the molecule is O=C(Nc1cc(-c2cnco2)cc(C(F)(F)F)c1)c1ccccn1. The summed E-state index contributed by atoms with van der Waals surface area (Å²) in [6.07, 6.45) is -0.747. The molecule has 0 aliphatic heterocycles. The number of carbonyl (C=O) groups is 1. The molecule has 0 unspecified atom stereocenters. The number of oxazole rings is 1. The quantitative estimate of drug-likeness (QED) is 0.786. The molecule has 1 amide bonds. The van der Waals surface area contributed by atoms with Crippen molar-refractivity contribution in [2.45, 2.75) is 6.18 Å². The van der Waals surface area contributed by atoms with Crippen LogP contribution in [0.5, 0.6) is 0 Å². The van der Waals surface area contributed by atoms with Crippen molar-refractivity contribution in [2.75, 3.05) is 5.32 Å². The Morgan fingerprint density at radius 1 is 1.17 bits per heavy atom. The second-order valence-electron chi connectivity index (χ2n) is 4.83. The first-order valence-electron chi connectivity index (χ1n) is 6.77. The van der Waals surface area contributed by atoms with Gasteiger partial charge in [-0.2, -0.15) is 13.2 Å². The Kier molecular flexibility index (Phi) is 4.03. The Hall–Kier alpha value is -3.16. The van der Waals surface area contributed by atoms with Gasteiger partial charge in [0, 0.05) is 17.4 Å². The van der Waals surface area contributed by atoms with Gasteiger partial charge in [-0.3, -0.25) is 9.78 Å². The van der Waals surface area contributed by atoms with E-state index in [4.69, 9.17) is 4.42 Å². The fourth-order valence-corrected chi connectivity index (χ4v) is 2.06. The molecular formula is C16H10F3N3O2. The summed E-state index contributed by atoms with van der Waals surface area (Å²) in [4.78, 5) is 19.6. The molecule has 0 spiro atoms. The largest absolute Gasteiger partial charge is 0.444 e. The van der Waals surface area contributed by atoms with Crippen LogP contribution in [-0.4, -0.2) is 15.9 Å². The van der Waals surface area contributed by atoms with Gasteiger partial charge in [-0.25, -0.2) is 4.98 Å². The van der Waals surface area contributed by atoms with Gasteiger partial charge in [-0.1, -0.05) is 6.07 Å². The van der Waals surface area contributed by atoms with Gasteiger partial charge >= 0.3 is 6.18 Å². The lowest BCUT2D eigenvalue weighted by molar-refractivity contribution is -0.137. The molecule has 0 aliphatic carbocycles. The summed E-state index contributed by atoms with van der Waals surface area (Å²) >= 11 is 0. The van der Waals surface area contributed by atoms with E-state index in [1.165, 1.54) is 24.5 Å². The van der Waals surface area contributed by atoms with Crippen molar-refractivity contribution in [3.8, 4) is 11.3 Å². The highest BCUT2D eigenvalue weighted by molar-refractivity contribution is 6.03. The van der Waals surface area contributed by atoms with Gasteiger partial charge in [-0.15, -0.1) is 0 Å². The number of amides is 1. The minimum atomic E-state index is -4.57. The Morgan fingerprint density at radius 3 is 2.62 bits per heavy atom. The van der Waals surface area contributed by atoms with Crippen molar-refractivity contribution < 1.29 is 22.4 Å². The molecule has 5 nitrogen and oxygen atoms in total. The second kappa shape index (κ2) is 6.15. The number of hydrogen-bond acceptors (Lipinski definition) is 4. The molecule has 2 heterocycles. The van der Waals surface area contributed by atoms with E-state index in [-0.39, 0.29) is 22.7 Å². The summed E-state index contributed by atoms with van der Waals surface area (Å²) in [6, 6.07) is 7.84. The minimum absolute atomic E-state index is 0.0214. The zero-order chi connectivity index (χ0) is 17.2. The number of benzene rings is 1. The maximum atomic E-state index is 13.1. The molecular weight excluding hydrogens is 323 g/mol. The molecule has 2 aromatic heterocycles. The first kappa shape index (κ1) is 15.7. The Labute approximate surface area is 134 Å². The third-order valence-electron chi connectivity index (χ3n) is 3.13. The van der Waals surface area contributed by atoms with Gasteiger partial charge in [0.25, 0.3) is 5.91 Å². The van der Waals surface area contributed by atoms with Crippen molar-refractivity contribution in [1.82, 2.24) is 9.97 Å². The monoisotopic (exact) mass is 333 g/mol. The second-order valence-corrected chi connectivity index (χ2v) is 4.83. The van der Waals surface area contributed by atoms with Gasteiger partial charge in [0.2, 0.25) is 0 Å². The van der Waals surface area contributed by atoms with Gasteiger partial charge in [0.15, 0.2) is 12.2 Å². The summed E-state index contributed by atoms with van der Waals surface area (Å²) < 4.78 is 44.3. The number of nitrogens with zero attached hydrogens (tertiary/aromatic N) is 2. The van der Waals surface area contributed by atoms with Crippen molar-refractivity contribution in [1.29, 1.82) is 0 Å². The fraction of sp³-hybridized carbons (Fsp3) is 0.0625. The highest BCUT2D eigenvalue weighted by Gasteiger charge is 2.31. The molecule has 0 fully saturated rings. The van der Waals surface area contributed by atoms with Gasteiger partial charge in [0.1, 0.15) is 5.69 Å². The third-order valence-corrected chi connectivity index (χ3v) is 3.13. The highest BCUT2D eigenvalue weighted by Crippen LogP contribution is 2.35. The fourth-order valence-electron chi connectivity index (χ4n) is 2.06. The number of rotatable bonds is 3. The van der Waals surface area contributed by atoms with E-state index in [1.807, 2.05) is 0 Å². The van der Waals surface area contributed by atoms with Crippen LogP contribution < -0.4 is 5.32 Å². The molecule has 1 N–H and O–H groups in total. The van der Waals surface area contributed by atoms with Gasteiger partial charge < -0.3 is 9.73 Å². The van der Waals surface area contributed by atoms with Crippen LogP contribution in [0.1, 0.15) is 16.1 Å². The summed E-state index contributed by atoms with van der Waals surface area (Å²) in [6.45, 7) is 0. The average molecular weight is 333 g/mol. The van der Waals surface area contributed by atoms with Gasteiger partial charge in [0.05, 0.1) is 11.8 Å². The molecule has 0 bridgehead atoms. The maximum Gasteiger partial charge on any atom is 0.416 e. The molecule has 0 atom stereocenters. The summed E-state index contributed by atoms with van der Waals surface area (Å²) in [7, 11) is 0. The van der Waals surface area contributed by atoms with Crippen LogP contribution in [0.15, 0.2) is 59.6 Å². The van der Waals surface area contributed by atoms with Crippen LogP contribution >= 0.6 is 0 Å². The molecule has 0 radical (unpaired) electrons. The van der Waals surface area contributed by atoms with Crippen molar-refractivity contribution in [3.63, 3.8) is 0 Å². The number of nitrogens with one attached hydrogen (secondary N) is 1. The smallest absolute Gasteiger partial charge is 0.416 e. The maximum absolute atomic E-state index is 13.1. The van der Waals surface area contributed by atoms with E-state index < -0.39 is 17.6 Å². The van der Waals surface area contributed by atoms with E-state index in [2.05, 4.69) is 15.3 Å². The predicted octanol–water partition coefficient (Wildman–Crippen LogP) is 4.01. The zero-order valence-electron chi connectivity index (χ0n) is 12.0. The number of aromatic nitrogens is 2. The molecule has 24 heavy (non-hydrogen) atoms. The summed E-state index contributed by atoms with van der Waals surface area (Å²) in [5.41, 5.74) is -0.686. The number of anilines is 1. The number of carbonyl (C=O) groups excluding carboxylic acids is 1. The molecule has 0 saturated heterocycles. The molecule has 1 aromatic carbocycles. The van der Waals surface area contributed by atoms with E-state index in [0.29, 0.717) is 0 Å². The van der Waals surface area contributed by atoms with Crippen LogP contribution in [0.3, 0.4) is 0 Å². The molecule has 8 heteroatoms. The topological polar surface area (TPSA) is 68.0 Å². The molecule has 3 aromatic rings. The standard InChI is InChI=1S/C16H10F3N3O2/c17-16(18,19)11-5-10(14-8-20-9-24-14)6-12(7-11)22-15(23)13-3-1-2-4-21-13/h1-9H,(H,22,23). The molecule has 122 valence electrons. The molecule has 0 aliphatic rings.